The number of imide groups is 1. The average molecular weight is 716 g/mol. The monoisotopic (exact) mass is 714 g/mol. The van der Waals surface area contributed by atoms with Crippen LogP contribution in [0.2, 0.25) is 0 Å². The first-order valence-corrected chi connectivity index (χ1v) is 17.3. The number of nitrogens with one attached hydrogen (secondary N) is 1. The van der Waals surface area contributed by atoms with Crippen LogP contribution in [0.5, 0.6) is 0 Å². The molecule has 0 aliphatic carbocycles. The highest BCUT2D eigenvalue weighted by Crippen LogP contribution is 2.38. The lowest BCUT2D eigenvalue weighted by Gasteiger charge is -2.28. The number of aromatic nitrogens is 2. The number of sulfone groups is 1. The minimum atomic E-state index is -3.49. The highest BCUT2D eigenvalue weighted by atomic mass is 79.9. The summed E-state index contributed by atoms with van der Waals surface area (Å²) in [5, 5.41) is -0.183. The number of alkyl halides is 1. The van der Waals surface area contributed by atoms with Crippen molar-refractivity contribution >= 4 is 49.5 Å². The van der Waals surface area contributed by atoms with E-state index in [-0.39, 0.29) is 22.2 Å². The molecule has 3 aromatic rings. The van der Waals surface area contributed by atoms with E-state index in [4.69, 9.17) is 19.3 Å². The fourth-order valence-corrected chi connectivity index (χ4v) is 6.03. The minimum Gasteiger partial charge on any atom is -0.443 e. The number of hydroxylamine groups is 1. The van der Waals surface area contributed by atoms with Crippen LogP contribution in [0.25, 0.3) is 17.0 Å². The molecule has 13 heteroatoms. The quantitative estimate of drug-likeness (QED) is 0.251. The number of benzene rings is 2. The molecule has 46 heavy (non-hydrogen) atoms. The molecule has 1 aliphatic heterocycles. The van der Waals surface area contributed by atoms with Crippen molar-refractivity contribution in [2.75, 3.05) is 10.2 Å². The summed E-state index contributed by atoms with van der Waals surface area (Å²) < 4.78 is 36.6. The van der Waals surface area contributed by atoms with Gasteiger partial charge < -0.3 is 14.3 Å². The number of carbonyl (C=O) groups is 2. The number of hydrogen-bond acceptors (Lipinski definition) is 10. The fourth-order valence-electron chi connectivity index (χ4n) is 4.37. The summed E-state index contributed by atoms with van der Waals surface area (Å²) in [7, 11) is -3.49. The molecule has 2 heterocycles. The molecule has 1 atom stereocenters. The fraction of sp³-hybridized carbons (Fsp3) is 0.394. The molecule has 0 fully saturated rings. The van der Waals surface area contributed by atoms with E-state index in [2.05, 4.69) is 26.4 Å². The van der Waals surface area contributed by atoms with Gasteiger partial charge in [0.2, 0.25) is 0 Å². The molecule has 1 aliphatic rings. The van der Waals surface area contributed by atoms with Crippen LogP contribution < -0.4 is 10.4 Å². The summed E-state index contributed by atoms with van der Waals surface area (Å²) in [6, 6.07) is 15.8. The van der Waals surface area contributed by atoms with Crippen LogP contribution in [0.3, 0.4) is 0 Å². The van der Waals surface area contributed by atoms with E-state index in [0.717, 1.165) is 5.56 Å². The Morgan fingerprint density at radius 3 is 2.02 bits per heavy atom. The third kappa shape index (κ3) is 7.76. The summed E-state index contributed by atoms with van der Waals surface area (Å²) in [6.07, 6.45) is 1.13. The molecular weight excluding hydrogens is 676 g/mol. The van der Waals surface area contributed by atoms with E-state index >= 15 is 0 Å². The van der Waals surface area contributed by atoms with Gasteiger partial charge in [0.25, 0.3) is 0 Å². The Hall–Kier alpha value is -3.81. The second-order valence-corrected chi connectivity index (χ2v) is 16.1. The van der Waals surface area contributed by atoms with E-state index in [9.17, 15) is 18.0 Å². The van der Waals surface area contributed by atoms with Crippen LogP contribution in [0.4, 0.5) is 15.4 Å². The zero-order valence-corrected chi connectivity index (χ0v) is 29.5. The first-order chi connectivity index (χ1) is 21.4. The molecule has 0 spiro atoms. The van der Waals surface area contributed by atoms with Gasteiger partial charge in [-0.15, -0.1) is 5.48 Å². The van der Waals surface area contributed by atoms with Gasteiger partial charge >= 0.3 is 12.2 Å². The molecule has 0 radical (unpaired) electrons. The lowest BCUT2D eigenvalue weighted by Crippen LogP contribution is -2.44. The maximum absolute atomic E-state index is 13.6. The molecule has 1 aromatic heterocycles. The van der Waals surface area contributed by atoms with Crippen LogP contribution in [-0.2, 0) is 29.7 Å². The van der Waals surface area contributed by atoms with Gasteiger partial charge in [-0.2, -0.15) is 4.90 Å². The Labute approximate surface area is 278 Å². The summed E-state index contributed by atoms with van der Waals surface area (Å²) in [4.78, 5) is 43.4. The highest BCUT2D eigenvalue weighted by molar-refractivity contribution is 9.09. The Morgan fingerprint density at radius 2 is 1.52 bits per heavy atom. The van der Waals surface area contributed by atoms with E-state index in [1.54, 1.807) is 73.6 Å². The number of carbonyl (C=O) groups excluding carboxylic acids is 2. The molecule has 2 amide bonds. The third-order valence-electron chi connectivity index (χ3n) is 6.67. The second kappa shape index (κ2) is 13.1. The van der Waals surface area contributed by atoms with Crippen LogP contribution in [0, 0.1) is 0 Å². The normalized spacial score (nSPS) is 16.9. The first kappa shape index (κ1) is 35.1. The summed E-state index contributed by atoms with van der Waals surface area (Å²) in [5.41, 5.74) is 2.12. The number of rotatable bonds is 7. The minimum absolute atomic E-state index is 0.0411. The van der Waals surface area contributed by atoms with Gasteiger partial charge in [0, 0.05) is 10.9 Å². The average Bonchev–Trinajstić information content (AvgIpc) is 3.42. The molecule has 4 rings (SSSR count). The molecule has 2 aromatic carbocycles. The number of anilines is 1. The second-order valence-electron chi connectivity index (χ2n) is 13.0. The zero-order valence-electron chi connectivity index (χ0n) is 27.1. The van der Waals surface area contributed by atoms with Crippen molar-refractivity contribution < 1.29 is 32.3 Å². The van der Waals surface area contributed by atoms with Gasteiger partial charge in [-0.05, 0) is 79.2 Å². The molecule has 0 saturated heterocycles. The molecule has 0 bridgehead atoms. The maximum atomic E-state index is 13.6. The van der Waals surface area contributed by atoms with Crippen LogP contribution in [0.1, 0.15) is 66.6 Å². The summed E-state index contributed by atoms with van der Waals surface area (Å²) >= 11 is 3.58. The first-order valence-electron chi connectivity index (χ1n) is 14.6. The number of amides is 2. The lowest BCUT2D eigenvalue weighted by atomic mass is 9.92. The van der Waals surface area contributed by atoms with Crippen molar-refractivity contribution in [1.82, 2.24) is 15.4 Å². The van der Waals surface area contributed by atoms with Gasteiger partial charge in [-0.1, -0.05) is 58.4 Å². The predicted molar refractivity (Wildman–Crippen MR) is 179 cm³/mol. The Bertz CT molecular complexity index is 1700. The number of ether oxygens (including phenoxy) is 2. The highest BCUT2D eigenvalue weighted by Gasteiger charge is 2.41. The van der Waals surface area contributed by atoms with Gasteiger partial charge in [0.05, 0.1) is 22.0 Å². The standard InChI is InChI=1S/C33H39BrN4O7S/c1-21(2)46(41,42)24-16-14-22(15-17-24)25-19-35-28(38(29(39)43-31(3,4)5)30(40)44-32(6,7)8)27(36-25)26-18-33(20-34,37-45-26)23-12-10-9-11-13-23/h9-19,21,37H,20H2,1-8H3. The molecule has 11 nitrogen and oxygen atoms in total. The van der Waals surface area contributed by atoms with Gasteiger partial charge in [0.15, 0.2) is 27.1 Å². The molecule has 0 saturated carbocycles. The SMILES string of the molecule is CC(C)S(=O)(=O)c1ccc(-c2cnc(N(C(=O)OC(C)(C)C)C(=O)OC(C)(C)C)c(C3=CC(CBr)(c4ccccc4)NO3)n2)cc1. The topological polar surface area (TPSA) is 137 Å². The zero-order chi connectivity index (χ0) is 34.1. The number of nitrogens with zero attached hydrogens (tertiary/aromatic N) is 3. The Balaban J connectivity index is 1.92. The van der Waals surface area contributed by atoms with Gasteiger partial charge in [-0.3, -0.25) is 0 Å². The maximum Gasteiger partial charge on any atom is 0.425 e. The molecular formula is C33H39BrN4O7S. The van der Waals surface area contributed by atoms with E-state index in [0.29, 0.717) is 21.5 Å². The van der Waals surface area contributed by atoms with Gasteiger partial charge in [-0.25, -0.2) is 28.0 Å². The molecule has 1 N–H and O–H groups in total. The van der Waals surface area contributed by atoms with Crippen molar-refractivity contribution in [3.05, 3.63) is 78.1 Å². The van der Waals surface area contributed by atoms with Crippen LogP contribution >= 0.6 is 15.9 Å². The van der Waals surface area contributed by atoms with Crippen molar-refractivity contribution in [1.29, 1.82) is 0 Å². The predicted octanol–water partition coefficient (Wildman–Crippen LogP) is 7.17. The smallest absolute Gasteiger partial charge is 0.425 e. The van der Waals surface area contributed by atoms with E-state index in [1.807, 2.05) is 30.3 Å². The number of halogens is 1. The largest absolute Gasteiger partial charge is 0.443 e. The van der Waals surface area contributed by atoms with Crippen LogP contribution in [-0.4, -0.2) is 52.4 Å². The number of hydrogen-bond donors (Lipinski definition) is 1. The van der Waals surface area contributed by atoms with Crippen molar-refractivity contribution in [2.45, 2.75) is 82.3 Å². The summed E-state index contributed by atoms with van der Waals surface area (Å²) in [6.45, 7) is 13.3. The molecule has 246 valence electrons. The van der Waals surface area contributed by atoms with Gasteiger partial charge in [0.1, 0.15) is 16.7 Å². The Kier molecular flexibility index (Phi) is 10.0. The van der Waals surface area contributed by atoms with Crippen molar-refractivity contribution in [2.24, 2.45) is 0 Å². The molecule has 1 unspecified atom stereocenters. The van der Waals surface area contributed by atoms with Crippen molar-refractivity contribution in [3.8, 4) is 11.3 Å². The Morgan fingerprint density at radius 1 is 0.957 bits per heavy atom. The van der Waals surface area contributed by atoms with E-state index < -0.39 is 44.0 Å². The third-order valence-corrected chi connectivity index (χ3v) is 9.72. The lowest BCUT2D eigenvalue weighted by molar-refractivity contribution is 0.0428. The van der Waals surface area contributed by atoms with E-state index in [1.165, 1.54) is 18.3 Å². The van der Waals surface area contributed by atoms with Crippen LogP contribution in [0.15, 0.2) is 71.8 Å². The summed E-state index contributed by atoms with van der Waals surface area (Å²) in [5.74, 6) is 0.00140. The van der Waals surface area contributed by atoms with Crippen molar-refractivity contribution in [3.63, 3.8) is 0 Å².